The van der Waals surface area contributed by atoms with Crippen LogP contribution in [0.4, 0.5) is 5.69 Å². The van der Waals surface area contributed by atoms with Gasteiger partial charge in [-0.25, -0.2) is 0 Å². The van der Waals surface area contributed by atoms with E-state index in [0.29, 0.717) is 39.5 Å². The Bertz CT molecular complexity index is 1080. The van der Waals surface area contributed by atoms with Crippen LogP contribution in [0.25, 0.3) is 22.2 Å². The van der Waals surface area contributed by atoms with Gasteiger partial charge in [-0.05, 0) is 26.0 Å². The second kappa shape index (κ2) is 8.21. The Morgan fingerprint density at radius 3 is 2.57 bits per heavy atom. The lowest BCUT2D eigenvalue weighted by Gasteiger charge is -2.15. The van der Waals surface area contributed by atoms with Crippen LogP contribution in [0.3, 0.4) is 0 Å². The largest absolute Gasteiger partial charge is 0.496 e. The molecule has 9 heteroatoms. The third kappa shape index (κ3) is 3.77. The predicted molar refractivity (Wildman–Crippen MR) is 113 cm³/mol. The maximum Gasteiger partial charge on any atom is 0.255 e. The molecule has 4 N–H and O–H groups in total. The molecule has 156 valence electrons. The molecular formula is C21H24N6O3. The number of fused-ring (bicyclic) bond motifs is 1. The zero-order chi connectivity index (χ0) is 21.3. The summed E-state index contributed by atoms with van der Waals surface area (Å²) in [5.74, 6) is 0.447. The van der Waals surface area contributed by atoms with Crippen molar-refractivity contribution in [2.45, 2.75) is 25.1 Å². The highest BCUT2D eigenvalue weighted by Gasteiger charge is 2.26. The fourth-order valence-electron chi connectivity index (χ4n) is 3.29. The second-order valence-electron chi connectivity index (χ2n) is 7.13. The van der Waals surface area contributed by atoms with Gasteiger partial charge in [0.25, 0.3) is 5.91 Å². The van der Waals surface area contributed by atoms with E-state index in [9.17, 15) is 9.90 Å². The Kier molecular flexibility index (Phi) is 5.47. The highest BCUT2D eigenvalue weighted by molar-refractivity contribution is 6.08. The number of nitrogens with one attached hydrogen (secondary N) is 3. The van der Waals surface area contributed by atoms with Crippen LogP contribution in [0.5, 0.6) is 5.75 Å². The highest BCUT2D eigenvalue weighted by Crippen LogP contribution is 2.36. The van der Waals surface area contributed by atoms with Crippen LogP contribution in [0.15, 0.2) is 30.7 Å². The summed E-state index contributed by atoms with van der Waals surface area (Å²) in [5.41, 5.74) is 3.58. The molecule has 1 fully saturated rings. The molecule has 1 aromatic carbocycles. The van der Waals surface area contributed by atoms with Crippen LogP contribution >= 0.6 is 0 Å². The minimum atomic E-state index is -0.891. The van der Waals surface area contributed by atoms with Crippen molar-refractivity contribution in [3.63, 3.8) is 0 Å². The predicted octanol–water partition coefficient (Wildman–Crippen LogP) is 1.84. The summed E-state index contributed by atoms with van der Waals surface area (Å²) in [5, 5.41) is 19.5. The fraction of sp³-hybridized carbons (Fsp3) is 0.333. The molecule has 1 saturated carbocycles. The van der Waals surface area contributed by atoms with Crippen molar-refractivity contribution in [3.8, 4) is 17.0 Å². The van der Waals surface area contributed by atoms with E-state index < -0.39 is 6.23 Å². The molecule has 0 aliphatic heterocycles. The molecule has 0 radical (unpaired) electrons. The summed E-state index contributed by atoms with van der Waals surface area (Å²) in [7, 11) is 4.99. The molecule has 3 aromatic rings. The number of aliphatic hydroxyl groups is 1. The number of benzene rings is 1. The molecule has 30 heavy (non-hydrogen) atoms. The molecule has 1 unspecified atom stereocenters. The summed E-state index contributed by atoms with van der Waals surface area (Å²) < 4.78 is 5.55. The Hall–Kier alpha value is -3.30. The molecule has 2 aromatic heterocycles. The average molecular weight is 408 g/mol. The summed E-state index contributed by atoms with van der Waals surface area (Å²) in [4.78, 5) is 25.8. The number of hydrogen-bond donors (Lipinski definition) is 4. The van der Waals surface area contributed by atoms with Crippen molar-refractivity contribution >= 4 is 22.5 Å². The van der Waals surface area contributed by atoms with Gasteiger partial charge in [-0.15, -0.1) is 0 Å². The van der Waals surface area contributed by atoms with Gasteiger partial charge in [-0.1, -0.05) is 0 Å². The van der Waals surface area contributed by atoms with Gasteiger partial charge in [0.2, 0.25) is 0 Å². The van der Waals surface area contributed by atoms with Crippen LogP contribution in [0, 0.1) is 0 Å². The van der Waals surface area contributed by atoms with Crippen LogP contribution in [-0.4, -0.2) is 53.2 Å². The number of hydrogen-bond acceptors (Lipinski definition) is 8. The lowest BCUT2D eigenvalue weighted by molar-refractivity contribution is 0.0951. The van der Waals surface area contributed by atoms with Crippen LogP contribution in [0.1, 0.15) is 35.1 Å². The van der Waals surface area contributed by atoms with Crippen molar-refractivity contribution in [2.75, 3.05) is 26.5 Å². The molecule has 2 heterocycles. The SMILES string of the molecule is CNc1c(C(=O)NC2CC2)cnc2cc(OC)c(-c3cnc(C(O)NC)cn3)cc12. The molecule has 1 aliphatic carbocycles. The Morgan fingerprint density at radius 2 is 1.97 bits per heavy atom. The summed E-state index contributed by atoms with van der Waals surface area (Å²) in [6, 6.07) is 3.96. The lowest BCUT2D eigenvalue weighted by Crippen LogP contribution is -2.26. The van der Waals surface area contributed by atoms with Crippen LogP contribution < -0.4 is 20.7 Å². The third-order valence-electron chi connectivity index (χ3n) is 5.10. The van der Waals surface area contributed by atoms with Crippen LogP contribution in [-0.2, 0) is 0 Å². The van der Waals surface area contributed by atoms with Gasteiger partial charge in [0.15, 0.2) is 0 Å². The van der Waals surface area contributed by atoms with Crippen LogP contribution in [0.2, 0.25) is 0 Å². The topological polar surface area (TPSA) is 121 Å². The van der Waals surface area contributed by atoms with E-state index in [1.54, 1.807) is 33.6 Å². The van der Waals surface area contributed by atoms with E-state index in [1.165, 1.54) is 6.20 Å². The Morgan fingerprint density at radius 1 is 1.17 bits per heavy atom. The van der Waals surface area contributed by atoms with Gasteiger partial charge >= 0.3 is 0 Å². The van der Waals surface area contributed by atoms with Crippen molar-refractivity contribution in [1.29, 1.82) is 0 Å². The standard InChI is InChI=1S/C21H24N6O3/c1-22-19-13-6-12(16-9-26-17(10-25-16)21(29)23-2)18(30-3)7-15(13)24-8-14(19)20(28)27-11-4-5-11/h6-11,21,23,29H,4-5H2,1-3H3,(H,22,24)(H,27,28). The molecule has 1 atom stereocenters. The smallest absolute Gasteiger partial charge is 0.255 e. The van der Waals surface area contributed by atoms with Crippen molar-refractivity contribution in [1.82, 2.24) is 25.6 Å². The lowest BCUT2D eigenvalue weighted by atomic mass is 10.0. The number of aromatic nitrogens is 3. The number of amides is 1. The molecule has 1 aliphatic rings. The van der Waals surface area contributed by atoms with Gasteiger partial charge in [0.1, 0.15) is 17.7 Å². The molecule has 1 amide bonds. The van der Waals surface area contributed by atoms with Gasteiger partial charge in [-0.2, -0.15) is 0 Å². The van der Waals surface area contributed by atoms with Crippen molar-refractivity contribution < 1.29 is 14.6 Å². The monoisotopic (exact) mass is 408 g/mol. The number of ether oxygens (including phenoxy) is 1. The van der Waals surface area contributed by atoms with E-state index in [1.807, 2.05) is 12.1 Å². The zero-order valence-corrected chi connectivity index (χ0v) is 17.1. The minimum absolute atomic E-state index is 0.140. The average Bonchev–Trinajstić information content (AvgIpc) is 3.60. The minimum Gasteiger partial charge on any atom is -0.496 e. The second-order valence-corrected chi connectivity index (χ2v) is 7.13. The molecule has 0 spiro atoms. The van der Waals surface area contributed by atoms with Crippen molar-refractivity contribution in [3.05, 3.63) is 42.0 Å². The Balaban J connectivity index is 1.81. The number of anilines is 1. The van der Waals surface area contributed by atoms with E-state index in [0.717, 1.165) is 18.2 Å². The number of nitrogens with zero attached hydrogens (tertiary/aromatic N) is 3. The first-order chi connectivity index (χ1) is 14.5. The third-order valence-corrected chi connectivity index (χ3v) is 5.10. The van der Waals surface area contributed by atoms with Gasteiger partial charge in [0.05, 0.1) is 42.0 Å². The number of carbonyl (C=O) groups is 1. The summed E-state index contributed by atoms with van der Waals surface area (Å²) >= 11 is 0. The zero-order valence-electron chi connectivity index (χ0n) is 17.1. The first kappa shape index (κ1) is 20.0. The number of pyridine rings is 1. The van der Waals surface area contributed by atoms with E-state index in [-0.39, 0.29) is 11.9 Å². The molecule has 9 nitrogen and oxygen atoms in total. The molecule has 0 saturated heterocycles. The number of rotatable bonds is 7. The van der Waals surface area contributed by atoms with E-state index in [2.05, 4.69) is 30.9 Å². The number of carbonyl (C=O) groups excluding carboxylic acids is 1. The summed E-state index contributed by atoms with van der Waals surface area (Å²) in [6.45, 7) is 0. The first-order valence-corrected chi connectivity index (χ1v) is 9.72. The van der Waals surface area contributed by atoms with Gasteiger partial charge in [0, 0.05) is 36.3 Å². The van der Waals surface area contributed by atoms with Gasteiger partial charge < -0.3 is 20.5 Å². The summed E-state index contributed by atoms with van der Waals surface area (Å²) in [6.07, 6.45) is 5.81. The first-order valence-electron chi connectivity index (χ1n) is 9.72. The number of methoxy groups -OCH3 is 1. The maximum absolute atomic E-state index is 12.7. The van der Waals surface area contributed by atoms with Gasteiger partial charge in [-0.3, -0.25) is 25.1 Å². The Labute approximate surface area is 173 Å². The molecule has 4 rings (SSSR count). The maximum atomic E-state index is 12.7. The fourth-order valence-corrected chi connectivity index (χ4v) is 3.29. The quantitative estimate of drug-likeness (QED) is 0.437. The highest BCUT2D eigenvalue weighted by atomic mass is 16.5. The number of aliphatic hydroxyl groups excluding tert-OH is 1. The normalized spacial score (nSPS) is 14.4. The van der Waals surface area contributed by atoms with E-state index in [4.69, 9.17) is 4.74 Å². The van der Waals surface area contributed by atoms with E-state index >= 15 is 0 Å². The van der Waals surface area contributed by atoms with Crippen molar-refractivity contribution in [2.24, 2.45) is 0 Å². The molecular weight excluding hydrogens is 384 g/mol. The molecule has 0 bridgehead atoms.